The minimum Gasteiger partial charge on any atom is -0.319 e. The lowest BCUT2D eigenvalue weighted by Crippen LogP contribution is -2.20. The molecule has 0 aliphatic rings. The molecule has 10 heteroatoms. The number of aryl methyl sites for hydroxylation is 3. The van der Waals surface area contributed by atoms with Crippen LogP contribution in [0.2, 0.25) is 0 Å². The fourth-order valence-corrected chi connectivity index (χ4v) is 4.54. The number of hydrogen-bond acceptors (Lipinski definition) is 7. The molecule has 0 fully saturated rings. The van der Waals surface area contributed by atoms with E-state index in [1.807, 2.05) is 62.4 Å². The van der Waals surface area contributed by atoms with Crippen molar-refractivity contribution in [2.24, 2.45) is 0 Å². The van der Waals surface area contributed by atoms with Crippen molar-refractivity contribution in [1.82, 2.24) is 20.2 Å². The van der Waals surface area contributed by atoms with Crippen LogP contribution in [0.5, 0.6) is 0 Å². The van der Waals surface area contributed by atoms with Gasteiger partial charge in [-0.25, -0.2) is 0 Å². The molecule has 0 aliphatic carbocycles. The monoisotopic (exact) mass is 474 g/mol. The third-order valence-electron chi connectivity index (χ3n) is 5.19. The average molecular weight is 475 g/mol. The number of hydrogen-bond donors (Lipinski definition) is 1. The maximum Gasteiger partial charge on any atom is 0.293 e. The van der Waals surface area contributed by atoms with Gasteiger partial charge in [0.1, 0.15) is 10.9 Å². The smallest absolute Gasteiger partial charge is 0.293 e. The molecule has 34 heavy (non-hydrogen) atoms. The topological polar surface area (TPSA) is 116 Å². The zero-order valence-electron chi connectivity index (χ0n) is 18.8. The van der Waals surface area contributed by atoms with Gasteiger partial charge in [-0.2, -0.15) is 4.68 Å². The molecule has 0 saturated heterocycles. The number of rotatable bonds is 7. The first-order chi connectivity index (χ1) is 16.3. The van der Waals surface area contributed by atoms with Crippen LogP contribution in [-0.2, 0) is 4.79 Å². The highest BCUT2D eigenvalue weighted by Gasteiger charge is 2.27. The SMILES string of the molecule is Cc1ccc(-n2nnnc2SC(C(=O)Nc2ccc(C)cc2[N+](=O)[O-])c2ccccc2)c(C)c1. The highest BCUT2D eigenvalue weighted by molar-refractivity contribution is 8.00. The number of anilines is 1. The van der Waals surface area contributed by atoms with Crippen LogP contribution >= 0.6 is 11.8 Å². The second-order valence-electron chi connectivity index (χ2n) is 7.84. The summed E-state index contributed by atoms with van der Waals surface area (Å²) < 4.78 is 1.59. The Hall–Kier alpha value is -4.05. The molecule has 0 spiro atoms. The normalized spacial score (nSPS) is 11.7. The number of nitrogens with zero attached hydrogens (tertiary/aromatic N) is 5. The first-order valence-corrected chi connectivity index (χ1v) is 11.3. The van der Waals surface area contributed by atoms with Gasteiger partial charge in [-0.15, -0.1) is 5.10 Å². The number of aromatic nitrogens is 4. The Balaban J connectivity index is 1.69. The van der Waals surface area contributed by atoms with E-state index >= 15 is 0 Å². The van der Waals surface area contributed by atoms with Crippen LogP contribution in [0.3, 0.4) is 0 Å². The van der Waals surface area contributed by atoms with Gasteiger partial charge in [0.2, 0.25) is 11.1 Å². The quantitative estimate of drug-likeness (QED) is 0.228. The molecule has 1 unspecified atom stereocenters. The molecule has 1 N–H and O–H groups in total. The molecule has 1 heterocycles. The summed E-state index contributed by atoms with van der Waals surface area (Å²) in [5, 5.41) is 26.0. The zero-order valence-corrected chi connectivity index (χ0v) is 19.6. The Bertz CT molecular complexity index is 1360. The Morgan fingerprint density at radius 2 is 1.74 bits per heavy atom. The predicted octanol–water partition coefficient (Wildman–Crippen LogP) is 4.97. The highest BCUT2D eigenvalue weighted by atomic mass is 32.2. The first-order valence-electron chi connectivity index (χ1n) is 10.5. The van der Waals surface area contributed by atoms with Crippen molar-refractivity contribution in [3.63, 3.8) is 0 Å². The Kier molecular flexibility index (Phi) is 6.69. The van der Waals surface area contributed by atoms with Gasteiger partial charge in [-0.1, -0.05) is 65.9 Å². The lowest BCUT2D eigenvalue weighted by Gasteiger charge is -2.17. The molecule has 0 bridgehead atoms. The predicted molar refractivity (Wildman–Crippen MR) is 130 cm³/mol. The van der Waals surface area contributed by atoms with Crippen LogP contribution in [0.25, 0.3) is 5.69 Å². The maximum atomic E-state index is 13.4. The third kappa shape index (κ3) is 4.96. The molecular formula is C24H22N6O3S. The Labute approximate surface area is 200 Å². The number of tetrazole rings is 1. The van der Waals surface area contributed by atoms with Crippen LogP contribution in [-0.4, -0.2) is 31.0 Å². The average Bonchev–Trinajstić information content (AvgIpc) is 3.27. The van der Waals surface area contributed by atoms with Gasteiger partial charge >= 0.3 is 0 Å². The number of benzene rings is 3. The van der Waals surface area contributed by atoms with E-state index in [-0.39, 0.29) is 11.4 Å². The largest absolute Gasteiger partial charge is 0.319 e. The number of amides is 1. The summed E-state index contributed by atoms with van der Waals surface area (Å²) in [7, 11) is 0. The molecule has 1 atom stereocenters. The van der Waals surface area contributed by atoms with Crippen LogP contribution in [0.15, 0.2) is 71.9 Å². The molecule has 0 radical (unpaired) electrons. The minimum absolute atomic E-state index is 0.135. The summed E-state index contributed by atoms with van der Waals surface area (Å²) in [6.45, 7) is 5.73. The van der Waals surface area contributed by atoms with Crippen molar-refractivity contribution in [3.8, 4) is 5.69 Å². The van der Waals surface area contributed by atoms with E-state index in [9.17, 15) is 14.9 Å². The maximum absolute atomic E-state index is 13.4. The van der Waals surface area contributed by atoms with Crippen molar-refractivity contribution >= 4 is 29.0 Å². The molecule has 0 aliphatic heterocycles. The molecule has 172 valence electrons. The molecule has 4 rings (SSSR count). The van der Waals surface area contributed by atoms with Crippen molar-refractivity contribution in [3.05, 3.63) is 99.1 Å². The minimum atomic E-state index is -0.752. The molecule has 3 aromatic carbocycles. The summed E-state index contributed by atoms with van der Waals surface area (Å²) >= 11 is 1.17. The van der Waals surface area contributed by atoms with Crippen LogP contribution < -0.4 is 5.32 Å². The summed E-state index contributed by atoms with van der Waals surface area (Å²) in [4.78, 5) is 24.4. The number of carbonyl (C=O) groups excluding carboxylic acids is 1. The van der Waals surface area contributed by atoms with Gasteiger partial charge in [-0.05, 0) is 60.0 Å². The van der Waals surface area contributed by atoms with Crippen LogP contribution in [0.4, 0.5) is 11.4 Å². The summed E-state index contributed by atoms with van der Waals surface area (Å²) in [6, 6.07) is 19.8. The van der Waals surface area contributed by atoms with Gasteiger partial charge in [0.15, 0.2) is 0 Å². The lowest BCUT2D eigenvalue weighted by atomic mass is 10.1. The standard InChI is InChI=1S/C24H22N6O3S/c1-15-10-12-20(17(3)13-15)29-24(26-27-28-29)34-22(18-7-5-4-6-8-18)23(31)25-19-11-9-16(2)14-21(19)30(32)33/h4-14,22H,1-3H3,(H,25,31). The number of thioether (sulfide) groups is 1. The summed E-state index contributed by atoms with van der Waals surface area (Å²) in [5.41, 5.74) is 4.33. The number of nitro groups is 1. The second-order valence-corrected chi connectivity index (χ2v) is 8.91. The molecule has 1 aromatic heterocycles. The Morgan fingerprint density at radius 1 is 1.03 bits per heavy atom. The van der Waals surface area contributed by atoms with Crippen LogP contribution in [0, 0.1) is 30.9 Å². The van der Waals surface area contributed by atoms with Gasteiger partial charge < -0.3 is 5.32 Å². The Morgan fingerprint density at radius 3 is 2.44 bits per heavy atom. The van der Waals surface area contributed by atoms with Gasteiger partial charge in [-0.3, -0.25) is 14.9 Å². The van der Waals surface area contributed by atoms with E-state index in [2.05, 4.69) is 20.8 Å². The van der Waals surface area contributed by atoms with E-state index in [1.165, 1.54) is 23.9 Å². The second kappa shape index (κ2) is 9.84. The molecule has 1 amide bonds. The zero-order chi connectivity index (χ0) is 24.2. The van der Waals surface area contributed by atoms with Crippen molar-refractivity contribution < 1.29 is 9.72 Å². The lowest BCUT2D eigenvalue weighted by molar-refractivity contribution is -0.384. The van der Waals surface area contributed by atoms with E-state index in [1.54, 1.807) is 17.7 Å². The summed E-state index contributed by atoms with van der Waals surface area (Å²) in [5.74, 6) is -0.418. The van der Waals surface area contributed by atoms with E-state index < -0.39 is 16.1 Å². The molecular weight excluding hydrogens is 452 g/mol. The fourth-order valence-electron chi connectivity index (χ4n) is 3.55. The van der Waals surface area contributed by atoms with E-state index in [4.69, 9.17) is 0 Å². The van der Waals surface area contributed by atoms with Gasteiger partial charge in [0.05, 0.1) is 10.6 Å². The molecule has 0 saturated carbocycles. The van der Waals surface area contributed by atoms with Crippen molar-refractivity contribution in [2.75, 3.05) is 5.32 Å². The molecule has 4 aromatic rings. The number of nitro benzene ring substituents is 1. The van der Waals surface area contributed by atoms with Crippen molar-refractivity contribution in [2.45, 2.75) is 31.2 Å². The highest BCUT2D eigenvalue weighted by Crippen LogP contribution is 2.37. The first kappa shape index (κ1) is 23.1. The van der Waals surface area contributed by atoms with E-state index in [0.717, 1.165) is 27.9 Å². The molecule has 9 nitrogen and oxygen atoms in total. The third-order valence-corrected chi connectivity index (χ3v) is 6.38. The van der Waals surface area contributed by atoms with E-state index in [0.29, 0.717) is 5.16 Å². The van der Waals surface area contributed by atoms with Gasteiger partial charge in [0.25, 0.3) is 5.69 Å². The summed E-state index contributed by atoms with van der Waals surface area (Å²) in [6.07, 6.45) is 0. The number of carbonyl (C=O) groups is 1. The van der Waals surface area contributed by atoms with Gasteiger partial charge in [0, 0.05) is 6.07 Å². The van der Waals surface area contributed by atoms with Crippen LogP contribution in [0.1, 0.15) is 27.5 Å². The number of nitrogens with one attached hydrogen (secondary N) is 1. The van der Waals surface area contributed by atoms with Crippen molar-refractivity contribution in [1.29, 1.82) is 0 Å². The fraction of sp³-hybridized carbons (Fsp3) is 0.167.